The van der Waals surface area contributed by atoms with Gasteiger partial charge < -0.3 is 16.5 Å². The molecule has 0 heterocycles. The van der Waals surface area contributed by atoms with Crippen LogP contribution < -0.4 is 11.1 Å². The summed E-state index contributed by atoms with van der Waals surface area (Å²) in [6, 6.07) is 9.48. The molecule has 18 heavy (non-hydrogen) atoms. The lowest BCUT2D eigenvalue weighted by atomic mass is 10.1. The van der Waals surface area contributed by atoms with Gasteiger partial charge in [0.25, 0.3) is 0 Å². The molecule has 0 radical (unpaired) electrons. The summed E-state index contributed by atoms with van der Waals surface area (Å²) in [4.78, 5) is 0. The van der Waals surface area contributed by atoms with E-state index < -0.39 is 5.82 Å². The largest absolute Gasteiger partial charge is 0.398 e. The quantitative estimate of drug-likeness (QED) is 0.583. The molecule has 0 spiro atoms. The van der Waals surface area contributed by atoms with E-state index in [-0.39, 0.29) is 5.69 Å². The lowest BCUT2D eigenvalue weighted by Crippen LogP contribution is -1.98. The Kier molecular flexibility index (Phi) is 3.48. The van der Waals surface area contributed by atoms with Crippen molar-refractivity contribution in [3.8, 4) is 0 Å². The molecule has 3 nitrogen and oxygen atoms in total. The lowest BCUT2D eigenvalue weighted by Gasteiger charge is -2.10. The molecule has 0 bridgehead atoms. The molecule has 0 atom stereocenters. The van der Waals surface area contributed by atoms with Gasteiger partial charge in [0, 0.05) is 23.2 Å². The summed E-state index contributed by atoms with van der Waals surface area (Å²) >= 11 is 5.91. The van der Waals surface area contributed by atoms with Gasteiger partial charge in [-0.1, -0.05) is 17.7 Å². The standard InChI is InChI=1S/C13H11ClFN3/c14-10-2-1-3-11(15)13(10)18-9-5-4-8(7-16)12(17)6-9/h1-7,16,18H,17H2. The highest BCUT2D eigenvalue weighted by Crippen LogP contribution is 2.29. The number of benzene rings is 2. The Morgan fingerprint density at radius 1 is 1.28 bits per heavy atom. The number of nitrogen functional groups attached to an aromatic ring is 1. The summed E-state index contributed by atoms with van der Waals surface area (Å²) < 4.78 is 13.6. The molecule has 0 saturated carbocycles. The molecule has 2 aromatic rings. The maximum absolute atomic E-state index is 13.6. The molecule has 0 saturated heterocycles. The second kappa shape index (κ2) is 5.06. The number of halogens is 2. The normalized spacial score (nSPS) is 10.1. The molecular weight excluding hydrogens is 253 g/mol. The number of nitrogens with one attached hydrogen (secondary N) is 2. The van der Waals surface area contributed by atoms with Crippen LogP contribution in [0.1, 0.15) is 5.56 Å². The first-order valence-corrected chi connectivity index (χ1v) is 5.60. The van der Waals surface area contributed by atoms with Crippen molar-refractivity contribution in [3.05, 3.63) is 52.8 Å². The maximum atomic E-state index is 13.6. The van der Waals surface area contributed by atoms with E-state index in [4.69, 9.17) is 22.7 Å². The fourth-order valence-electron chi connectivity index (χ4n) is 1.55. The first-order valence-electron chi connectivity index (χ1n) is 5.23. The van der Waals surface area contributed by atoms with Crippen LogP contribution in [0.15, 0.2) is 36.4 Å². The Morgan fingerprint density at radius 3 is 2.67 bits per heavy atom. The molecule has 0 aromatic heterocycles. The minimum atomic E-state index is -0.433. The minimum absolute atomic E-state index is 0.209. The zero-order valence-corrected chi connectivity index (χ0v) is 10.1. The molecule has 5 heteroatoms. The van der Waals surface area contributed by atoms with Crippen molar-refractivity contribution in [2.75, 3.05) is 11.1 Å². The van der Waals surface area contributed by atoms with Crippen molar-refractivity contribution < 1.29 is 4.39 Å². The van der Waals surface area contributed by atoms with Crippen molar-refractivity contribution in [2.45, 2.75) is 0 Å². The third-order valence-electron chi connectivity index (χ3n) is 2.47. The van der Waals surface area contributed by atoms with Crippen LogP contribution in [-0.4, -0.2) is 6.21 Å². The zero-order valence-electron chi connectivity index (χ0n) is 9.37. The number of hydrogen-bond donors (Lipinski definition) is 3. The monoisotopic (exact) mass is 263 g/mol. The number of para-hydroxylation sites is 1. The van der Waals surface area contributed by atoms with Crippen molar-refractivity contribution in [1.29, 1.82) is 5.41 Å². The number of nitrogens with two attached hydrogens (primary N) is 1. The van der Waals surface area contributed by atoms with Gasteiger partial charge in [-0.25, -0.2) is 4.39 Å². The van der Waals surface area contributed by atoms with Crippen LogP contribution in [0.3, 0.4) is 0 Å². The molecule has 0 fully saturated rings. The van der Waals surface area contributed by atoms with Gasteiger partial charge in [0.1, 0.15) is 5.82 Å². The number of rotatable bonds is 3. The molecule has 0 amide bonds. The first-order chi connectivity index (χ1) is 8.61. The van der Waals surface area contributed by atoms with Gasteiger partial charge in [0.05, 0.1) is 10.7 Å². The minimum Gasteiger partial charge on any atom is -0.398 e. The van der Waals surface area contributed by atoms with Gasteiger partial charge in [-0.15, -0.1) is 0 Å². The van der Waals surface area contributed by atoms with E-state index in [2.05, 4.69) is 5.32 Å². The van der Waals surface area contributed by atoms with Gasteiger partial charge in [-0.05, 0) is 30.3 Å². The van der Waals surface area contributed by atoms with Crippen LogP contribution in [0.4, 0.5) is 21.5 Å². The Hall–Kier alpha value is -2.07. The Balaban J connectivity index is 2.34. The van der Waals surface area contributed by atoms with Crippen LogP contribution in [0.25, 0.3) is 0 Å². The average Bonchev–Trinajstić information content (AvgIpc) is 2.34. The highest BCUT2D eigenvalue weighted by atomic mass is 35.5. The Morgan fingerprint density at radius 2 is 2.06 bits per heavy atom. The maximum Gasteiger partial charge on any atom is 0.148 e. The molecule has 2 rings (SSSR count). The topological polar surface area (TPSA) is 61.9 Å². The molecule has 92 valence electrons. The average molecular weight is 264 g/mol. The van der Waals surface area contributed by atoms with Crippen LogP contribution >= 0.6 is 11.6 Å². The number of hydrogen-bond acceptors (Lipinski definition) is 3. The smallest absolute Gasteiger partial charge is 0.148 e. The second-order valence-electron chi connectivity index (χ2n) is 3.71. The molecule has 4 N–H and O–H groups in total. The third-order valence-corrected chi connectivity index (χ3v) is 2.79. The van der Waals surface area contributed by atoms with Crippen molar-refractivity contribution in [2.24, 2.45) is 0 Å². The molecule has 0 aliphatic heterocycles. The zero-order chi connectivity index (χ0) is 13.1. The van der Waals surface area contributed by atoms with Gasteiger partial charge >= 0.3 is 0 Å². The van der Waals surface area contributed by atoms with Crippen molar-refractivity contribution >= 4 is 34.9 Å². The Labute approximate surface area is 109 Å². The molecule has 0 unspecified atom stereocenters. The SMILES string of the molecule is N=Cc1ccc(Nc2c(F)cccc2Cl)cc1N. The van der Waals surface area contributed by atoms with Crippen molar-refractivity contribution in [1.82, 2.24) is 0 Å². The summed E-state index contributed by atoms with van der Waals surface area (Å²) in [6.07, 6.45) is 1.16. The van der Waals surface area contributed by atoms with Gasteiger partial charge in [0.15, 0.2) is 0 Å². The van der Waals surface area contributed by atoms with Crippen LogP contribution in [-0.2, 0) is 0 Å². The molecule has 0 aliphatic carbocycles. The second-order valence-corrected chi connectivity index (χ2v) is 4.12. The fraction of sp³-hybridized carbons (Fsp3) is 0. The summed E-state index contributed by atoms with van der Waals surface area (Å²) in [7, 11) is 0. The van der Waals surface area contributed by atoms with E-state index in [0.29, 0.717) is 22.0 Å². The van der Waals surface area contributed by atoms with Crippen molar-refractivity contribution in [3.63, 3.8) is 0 Å². The molecular formula is C13H11ClFN3. The predicted octanol–water partition coefficient (Wildman–Crippen LogP) is 3.80. The van der Waals surface area contributed by atoms with Crippen LogP contribution in [0, 0.1) is 11.2 Å². The van der Waals surface area contributed by atoms with E-state index in [1.165, 1.54) is 12.1 Å². The highest BCUT2D eigenvalue weighted by molar-refractivity contribution is 6.33. The van der Waals surface area contributed by atoms with Crippen LogP contribution in [0.5, 0.6) is 0 Å². The van der Waals surface area contributed by atoms with E-state index in [1.54, 1.807) is 24.3 Å². The Bertz CT molecular complexity index is 579. The summed E-state index contributed by atoms with van der Waals surface area (Å²) in [5, 5.41) is 10.3. The summed E-state index contributed by atoms with van der Waals surface area (Å²) in [5.74, 6) is -0.433. The van der Waals surface area contributed by atoms with E-state index in [9.17, 15) is 4.39 Å². The third kappa shape index (κ3) is 2.43. The van der Waals surface area contributed by atoms with E-state index >= 15 is 0 Å². The van der Waals surface area contributed by atoms with Gasteiger partial charge in [-0.2, -0.15) is 0 Å². The van der Waals surface area contributed by atoms with E-state index in [0.717, 1.165) is 6.21 Å². The predicted molar refractivity (Wildman–Crippen MR) is 73.4 cm³/mol. The van der Waals surface area contributed by atoms with Gasteiger partial charge in [-0.3, -0.25) is 0 Å². The van der Waals surface area contributed by atoms with E-state index in [1.807, 2.05) is 0 Å². The fourth-order valence-corrected chi connectivity index (χ4v) is 1.76. The number of anilines is 3. The summed E-state index contributed by atoms with van der Waals surface area (Å²) in [6.45, 7) is 0. The lowest BCUT2D eigenvalue weighted by molar-refractivity contribution is 0.632. The summed E-state index contributed by atoms with van der Waals surface area (Å²) in [5.41, 5.74) is 7.63. The molecule has 2 aromatic carbocycles. The highest BCUT2D eigenvalue weighted by Gasteiger charge is 2.07. The van der Waals surface area contributed by atoms with Gasteiger partial charge in [0.2, 0.25) is 0 Å². The first kappa shape index (κ1) is 12.4. The van der Waals surface area contributed by atoms with Crippen LogP contribution in [0.2, 0.25) is 5.02 Å². The molecule has 0 aliphatic rings.